The Balaban J connectivity index is 2.09. The minimum Gasteiger partial charge on any atom is -0.476 e. The van der Waals surface area contributed by atoms with Gasteiger partial charge in [-0.1, -0.05) is 23.4 Å². The van der Waals surface area contributed by atoms with Crippen LogP contribution in [0, 0.1) is 0 Å². The second-order valence-electron chi connectivity index (χ2n) is 4.18. The summed E-state index contributed by atoms with van der Waals surface area (Å²) in [5, 5.41) is 12.4. The van der Waals surface area contributed by atoms with E-state index in [1.807, 2.05) is 12.1 Å². The van der Waals surface area contributed by atoms with Crippen LogP contribution in [-0.2, 0) is 12.8 Å². The molecule has 0 atom stereocenters. The monoisotopic (exact) mass is 229 g/mol. The van der Waals surface area contributed by atoms with E-state index in [0.29, 0.717) is 5.76 Å². The van der Waals surface area contributed by atoms with Crippen molar-refractivity contribution in [3.63, 3.8) is 0 Å². The Morgan fingerprint density at radius 3 is 3.00 bits per heavy atom. The summed E-state index contributed by atoms with van der Waals surface area (Å²) in [6, 6.07) is 7.52. The predicted molar refractivity (Wildman–Crippen MR) is 60.9 cm³/mol. The summed E-state index contributed by atoms with van der Waals surface area (Å²) < 4.78 is 5.11. The molecule has 0 spiro atoms. The first-order valence-electron chi connectivity index (χ1n) is 5.57. The zero-order chi connectivity index (χ0) is 11.8. The van der Waals surface area contributed by atoms with Gasteiger partial charge in [0.15, 0.2) is 11.5 Å². The van der Waals surface area contributed by atoms with Crippen molar-refractivity contribution in [2.75, 3.05) is 0 Å². The fourth-order valence-corrected chi connectivity index (χ4v) is 2.35. The third kappa shape index (κ3) is 1.62. The molecule has 1 aromatic carbocycles. The van der Waals surface area contributed by atoms with E-state index in [-0.39, 0.29) is 5.69 Å². The van der Waals surface area contributed by atoms with Crippen LogP contribution in [0.25, 0.3) is 11.3 Å². The quantitative estimate of drug-likeness (QED) is 0.859. The zero-order valence-electron chi connectivity index (χ0n) is 9.14. The Morgan fingerprint density at radius 2 is 2.24 bits per heavy atom. The van der Waals surface area contributed by atoms with Crippen molar-refractivity contribution in [3.8, 4) is 11.3 Å². The normalized spacial score (nSPS) is 13.6. The van der Waals surface area contributed by atoms with Gasteiger partial charge >= 0.3 is 5.97 Å². The lowest BCUT2D eigenvalue weighted by Crippen LogP contribution is -1.94. The molecule has 1 aliphatic carbocycles. The lowest BCUT2D eigenvalue weighted by atomic mass is 10.0. The summed E-state index contributed by atoms with van der Waals surface area (Å²) in [6.45, 7) is 0. The highest BCUT2D eigenvalue weighted by atomic mass is 16.5. The number of carboxylic acid groups (broad SMARTS) is 1. The van der Waals surface area contributed by atoms with Crippen LogP contribution in [0.2, 0.25) is 0 Å². The van der Waals surface area contributed by atoms with Crippen molar-refractivity contribution in [3.05, 3.63) is 41.1 Å². The number of benzene rings is 1. The van der Waals surface area contributed by atoms with Crippen molar-refractivity contribution >= 4 is 5.97 Å². The van der Waals surface area contributed by atoms with E-state index < -0.39 is 5.97 Å². The first-order chi connectivity index (χ1) is 8.25. The SMILES string of the molecule is O=C(O)c1cc(-c2cccc3c2CCC3)on1. The van der Waals surface area contributed by atoms with E-state index in [1.165, 1.54) is 17.2 Å². The molecule has 0 aliphatic heterocycles. The Morgan fingerprint density at radius 1 is 1.35 bits per heavy atom. The van der Waals surface area contributed by atoms with Crippen LogP contribution in [-0.4, -0.2) is 16.2 Å². The average molecular weight is 229 g/mol. The van der Waals surface area contributed by atoms with Gasteiger partial charge in [0, 0.05) is 11.6 Å². The van der Waals surface area contributed by atoms with Crippen LogP contribution in [0.15, 0.2) is 28.8 Å². The predicted octanol–water partition coefficient (Wildman–Crippen LogP) is 2.53. The Bertz CT molecular complexity index is 586. The second-order valence-corrected chi connectivity index (χ2v) is 4.18. The molecule has 1 aliphatic rings. The van der Waals surface area contributed by atoms with Crippen LogP contribution < -0.4 is 0 Å². The summed E-state index contributed by atoms with van der Waals surface area (Å²) >= 11 is 0. The molecule has 0 amide bonds. The number of aryl methyl sites for hydroxylation is 1. The largest absolute Gasteiger partial charge is 0.476 e. The third-order valence-electron chi connectivity index (χ3n) is 3.14. The first kappa shape index (κ1) is 10.1. The maximum Gasteiger partial charge on any atom is 0.358 e. The van der Waals surface area contributed by atoms with Gasteiger partial charge in [-0.3, -0.25) is 0 Å². The maximum absolute atomic E-state index is 10.8. The third-order valence-corrected chi connectivity index (χ3v) is 3.14. The fourth-order valence-electron chi connectivity index (χ4n) is 2.35. The van der Waals surface area contributed by atoms with Gasteiger partial charge in [0.25, 0.3) is 0 Å². The fraction of sp³-hybridized carbons (Fsp3) is 0.231. The molecule has 3 rings (SSSR count). The number of aromatic carboxylic acids is 1. The van der Waals surface area contributed by atoms with Gasteiger partial charge in [0.05, 0.1) is 0 Å². The van der Waals surface area contributed by atoms with Gasteiger partial charge in [-0.15, -0.1) is 0 Å². The second kappa shape index (κ2) is 3.73. The Kier molecular flexibility index (Phi) is 2.21. The van der Waals surface area contributed by atoms with Gasteiger partial charge < -0.3 is 9.63 Å². The maximum atomic E-state index is 10.8. The zero-order valence-corrected chi connectivity index (χ0v) is 9.14. The van der Waals surface area contributed by atoms with Crippen LogP contribution >= 0.6 is 0 Å². The van der Waals surface area contributed by atoms with E-state index in [0.717, 1.165) is 24.8 Å². The number of aromatic nitrogens is 1. The molecule has 0 fully saturated rings. The molecule has 1 heterocycles. The van der Waals surface area contributed by atoms with Gasteiger partial charge in [-0.2, -0.15) is 0 Å². The molecule has 0 bridgehead atoms. The number of hydrogen-bond donors (Lipinski definition) is 1. The van der Waals surface area contributed by atoms with E-state index in [1.54, 1.807) is 0 Å². The highest BCUT2D eigenvalue weighted by Crippen LogP contribution is 2.32. The molecule has 4 nitrogen and oxygen atoms in total. The molecular formula is C13H11NO3. The van der Waals surface area contributed by atoms with Crippen LogP contribution in [0.5, 0.6) is 0 Å². The molecule has 1 N–H and O–H groups in total. The summed E-state index contributed by atoms with van der Waals surface area (Å²) in [5.41, 5.74) is 3.52. The number of fused-ring (bicyclic) bond motifs is 1. The number of carboxylic acids is 1. The topological polar surface area (TPSA) is 63.3 Å². The number of carbonyl (C=O) groups is 1. The summed E-state index contributed by atoms with van der Waals surface area (Å²) in [5.74, 6) is -0.520. The molecule has 4 heteroatoms. The molecule has 0 saturated heterocycles. The van der Waals surface area contributed by atoms with Gasteiger partial charge in [-0.05, 0) is 30.4 Å². The molecular weight excluding hydrogens is 218 g/mol. The summed E-state index contributed by atoms with van der Waals surface area (Å²) in [6.07, 6.45) is 3.25. The van der Waals surface area contributed by atoms with E-state index >= 15 is 0 Å². The van der Waals surface area contributed by atoms with E-state index in [9.17, 15) is 4.79 Å². The highest BCUT2D eigenvalue weighted by molar-refractivity contribution is 5.86. The van der Waals surface area contributed by atoms with Crippen molar-refractivity contribution in [1.82, 2.24) is 5.16 Å². The van der Waals surface area contributed by atoms with Gasteiger partial charge in [-0.25, -0.2) is 4.79 Å². The molecule has 17 heavy (non-hydrogen) atoms. The average Bonchev–Trinajstić information content (AvgIpc) is 2.97. The van der Waals surface area contributed by atoms with E-state index in [4.69, 9.17) is 9.63 Å². The van der Waals surface area contributed by atoms with Gasteiger partial charge in [0.1, 0.15) is 0 Å². The molecule has 86 valence electrons. The van der Waals surface area contributed by atoms with Crippen molar-refractivity contribution < 1.29 is 14.4 Å². The smallest absolute Gasteiger partial charge is 0.358 e. The molecule has 2 aromatic rings. The minimum atomic E-state index is -1.06. The molecule has 0 unspecified atom stereocenters. The molecule has 0 radical (unpaired) electrons. The first-order valence-corrected chi connectivity index (χ1v) is 5.57. The lowest BCUT2D eigenvalue weighted by Gasteiger charge is -2.03. The highest BCUT2D eigenvalue weighted by Gasteiger charge is 2.19. The van der Waals surface area contributed by atoms with Crippen molar-refractivity contribution in [2.24, 2.45) is 0 Å². The van der Waals surface area contributed by atoms with Crippen LogP contribution in [0.3, 0.4) is 0 Å². The summed E-state index contributed by atoms with van der Waals surface area (Å²) in [4.78, 5) is 10.8. The van der Waals surface area contributed by atoms with E-state index in [2.05, 4.69) is 11.2 Å². The van der Waals surface area contributed by atoms with Crippen molar-refractivity contribution in [1.29, 1.82) is 0 Å². The number of nitrogens with zero attached hydrogens (tertiary/aromatic N) is 1. The van der Waals surface area contributed by atoms with Crippen LogP contribution in [0.4, 0.5) is 0 Å². The number of hydrogen-bond acceptors (Lipinski definition) is 3. The molecule has 1 aromatic heterocycles. The van der Waals surface area contributed by atoms with Crippen molar-refractivity contribution in [2.45, 2.75) is 19.3 Å². The standard InChI is InChI=1S/C13H11NO3/c15-13(16)11-7-12(17-14-11)10-6-2-4-8-3-1-5-9(8)10/h2,4,6-7H,1,3,5H2,(H,15,16). The van der Waals surface area contributed by atoms with Crippen LogP contribution in [0.1, 0.15) is 28.0 Å². The molecule has 0 saturated carbocycles. The minimum absolute atomic E-state index is 0.0457. The van der Waals surface area contributed by atoms with Gasteiger partial charge in [0.2, 0.25) is 0 Å². The lowest BCUT2D eigenvalue weighted by molar-refractivity contribution is 0.0686. The summed E-state index contributed by atoms with van der Waals surface area (Å²) in [7, 11) is 0. The Hall–Kier alpha value is -2.10. The number of rotatable bonds is 2. The Labute approximate surface area is 97.9 Å².